The van der Waals surface area contributed by atoms with Crippen molar-refractivity contribution in [3.05, 3.63) is 82.4 Å². The summed E-state index contributed by atoms with van der Waals surface area (Å²) in [4.78, 5) is 13.7. The maximum absolute atomic E-state index is 11.7. The minimum Gasteiger partial charge on any atom is -0.355 e. The zero-order valence-electron chi connectivity index (χ0n) is 18.1. The van der Waals surface area contributed by atoms with Crippen LogP contribution in [-0.2, 0) is 0 Å². The van der Waals surface area contributed by atoms with E-state index in [2.05, 4.69) is 40.2 Å². The van der Waals surface area contributed by atoms with Crippen molar-refractivity contribution < 1.29 is 4.92 Å². The van der Waals surface area contributed by atoms with Gasteiger partial charge in [-0.3, -0.25) is 10.1 Å². The Morgan fingerprint density at radius 2 is 1.79 bits per heavy atom. The number of hydrogen-bond acceptors (Lipinski definition) is 7. The van der Waals surface area contributed by atoms with Crippen molar-refractivity contribution in [2.24, 2.45) is 11.0 Å². The molecule has 170 valence electrons. The molecule has 3 heterocycles. The van der Waals surface area contributed by atoms with Gasteiger partial charge in [-0.1, -0.05) is 42.1 Å². The molecule has 0 radical (unpaired) electrons. The van der Waals surface area contributed by atoms with Crippen molar-refractivity contribution in [3.8, 4) is 0 Å². The number of hydrazone groups is 1. The highest BCUT2D eigenvalue weighted by molar-refractivity contribution is 7.99. The first kappa shape index (κ1) is 20.9. The highest BCUT2D eigenvalue weighted by atomic mass is 32.2. The Morgan fingerprint density at radius 1 is 1.03 bits per heavy atom. The Bertz CT molecular complexity index is 1380. The first-order valence-electron chi connectivity index (χ1n) is 10.8. The largest absolute Gasteiger partial charge is 0.355 e. The number of nitrogens with zero attached hydrogens (tertiary/aromatic N) is 3. The molecule has 3 N–H and O–H groups in total. The number of anilines is 3. The van der Waals surface area contributed by atoms with Crippen LogP contribution in [0.25, 0.3) is 0 Å². The smallest absolute Gasteiger partial charge is 0.274 e. The van der Waals surface area contributed by atoms with Gasteiger partial charge in [0, 0.05) is 21.6 Å². The molecule has 3 aliphatic rings. The van der Waals surface area contributed by atoms with Gasteiger partial charge in [-0.25, -0.2) is 5.01 Å². The maximum Gasteiger partial charge on any atom is 0.274 e. The van der Waals surface area contributed by atoms with Gasteiger partial charge in [-0.2, -0.15) is 5.10 Å². The van der Waals surface area contributed by atoms with E-state index < -0.39 is 0 Å². The van der Waals surface area contributed by atoms with E-state index in [0.717, 1.165) is 27.7 Å². The standard InChI is InChI=1S/C24H20N6O2S2/c1-13-21-22(15-6-2-4-8-18(15)30(31)32)26-24(33)27-23(21)29(28-13)14-10-11-20-17(12-14)25-16-7-3-5-9-19(16)34-20/h2-12,21-23,25H,1H3,(H2,26,27,33). The fourth-order valence-corrected chi connectivity index (χ4v) is 6.05. The summed E-state index contributed by atoms with van der Waals surface area (Å²) in [6.45, 7) is 1.96. The number of thiocarbonyl (C=S) groups is 1. The van der Waals surface area contributed by atoms with E-state index in [-0.39, 0.29) is 28.7 Å². The number of rotatable bonds is 3. The molecule has 3 unspecified atom stereocenters. The van der Waals surface area contributed by atoms with Gasteiger partial charge in [0.2, 0.25) is 0 Å². The predicted molar refractivity (Wildman–Crippen MR) is 138 cm³/mol. The van der Waals surface area contributed by atoms with E-state index >= 15 is 0 Å². The molecule has 3 aromatic carbocycles. The summed E-state index contributed by atoms with van der Waals surface area (Å²) in [7, 11) is 0. The molecule has 6 rings (SSSR count). The van der Waals surface area contributed by atoms with Crippen LogP contribution >= 0.6 is 24.0 Å². The highest BCUT2D eigenvalue weighted by Crippen LogP contribution is 2.46. The van der Waals surface area contributed by atoms with Gasteiger partial charge < -0.3 is 16.0 Å². The van der Waals surface area contributed by atoms with Gasteiger partial charge >= 0.3 is 0 Å². The van der Waals surface area contributed by atoms with Crippen molar-refractivity contribution in [1.29, 1.82) is 0 Å². The summed E-state index contributed by atoms with van der Waals surface area (Å²) < 4.78 is 0. The van der Waals surface area contributed by atoms with Crippen LogP contribution in [0.15, 0.2) is 81.6 Å². The quantitative estimate of drug-likeness (QED) is 0.207. The number of nitro benzene ring substituents is 1. The van der Waals surface area contributed by atoms with Gasteiger partial charge in [0.05, 0.1) is 39.5 Å². The first-order chi connectivity index (χ1) is 16.5. The average molecular weight is 489 g/mol. The summed E-state index contributed by atoms with van der Waals surface area (Å²) in [5.74, 6) is -0.146. The molecule has 1 saturated heterocycles. The van der Waals surface area contributed by atoms with Gasteiger partial charge in [-0.05, 0) is 49.5 Å². The second-order valence-electron chi connectivity index (χ2n) is 8.37. The summed E-state index contributed by atoms with van der Waals surface area (Å²) in [5.41, 5.74) is 4.56. The summed E-state index contributed by atoms with van der Waals surface area (Å²) >= 11 is 7.25. The monoisotopic (exact) mass is 488 g/mol. The third kappa shape index (κ3) is 3.37. The molecule has 3 aliphatic heterocycles. The summed E-state index contributed by atoms with van der Waals surface area (Å²) in [5, 5.41) is 29.1. The molecule has 8 nitrogen and oxygen atoms in total. The van der Waals surface area contributed by atoms with E-state index in [1.807, 2.05) is 36.2 Å². The molecule has 0 spiro atoms. The van der Waals surface area contributed by atoms with Gasteiger partial charge in [0.25, 0.3) is 5.69 Å². The van der Waals surface area contributed by atoms with Crippen LogP contribution in [0.1, 0.15) is 18.5 Å². The molecule has 34 heavy (non-hydrogen) atoms. The van der Waals surface area contributed by atoms with E-state index in [4.69, 9.17) is 17.3 Å². The lowest BCUT2D eigenvalue weighted by Crippen LogP contribution is -2.60. The number of benzene rings is 3. The second-order valence-corrected chi connectivity index (χ2v) is 9.86. The third-order valence-corrected chi connectivity index (χ3v) is 7.74. The zero-order valence-corrected chi connectivity index (χ0v) is 19.7. The van der Waals surface area contributed by atoms with Gasteiger partial charge in [0.1, 0.15) is 6.17 Å². The maximum atomic E-state index is 11.7. The Kier molecular flexibility index (Phi) is 4.93. The first-order valence-corrected chi connectivity index (χ1v) is 12.0. The van der Waals surface area contributed by atoms with Crippen molar-refractivity contribution in [1.82, 2.24) is 10.6 Å². The zero-order chi connectivity index (χ0) is 23.4. The highest BCUT2D eigenvalue weighted by Gasteiger charge is 2.47. The number of nitro groups is 1. The van der Waals surface area contributed by atoms with Crippen LogP contribution in [0.5, 0.6) is 0 Å². The Morgan fingerprint density at radius 3 is 2.65 bits per heavy atom. The SMILES string of the molecule is CC1=NN(c2ccc3c(c2)Nc2ccccc2S3)C2NC(=S)NC(c3ccccc3[N+](=O)[O-])C12. The topological polar surface area (TPSA) is 94.8 Å². The lowest BCUT2D eigenvalue weighted by atomic mass is 9.85. The predicted octanol–water partition coefficient (Wildman–Crippen LogP) is 5.16. The Balaban J connectivity index is 1.36. The van der Waals surface area contributed by atoms with Crippen LogP contribution in [0.2, 0.25) is 0 Å². The van der Waals surface area contributed by atoms with E-state index in [9.17, 15) is 10.1 Å². The van der Waals surface area contributed by atoms with Gasteiger partial charge in [0.15, 0.2) is 5.11 Å². The molecule has 0 saturated carbocycles. The van der Waals surface area contributed by atoms with Crippen molar-refractivity contribution in [2.45, 2.75) is 28.9 Å². The molecular formula is C24H20N6O2S2. The lowest BCUT2D eigenvalue weighted by molar-refractivity contribution is -0.385. The lowest BCUT2D eigenvalue weighted by Gasteiger charge is -2.39. The van der Waals surface area contributed by atoms with Crippen LogP contribution in [0, 0.1) is 16.0 Å². The third-order valence-electron chi connectivity index (χ3n) is 6.35. The number of nitrogens with one attached hydrogen (secondary N) is 3. The molecule has 10 heteroatoms. The number of fused-ring (bicyclic) bond motifs is 3. The fourth-order valence-electron chi connectivity index (χ4n) is 4.84. The molecule has 0 bridgehead atoms. The number of para-hydroxylation sites is 2. The summed E-state index contributed by atoms with van der Waals surface area (Å²) in [6, 6.07) is 20.9. The Hall–Kier alpha value is -3.63. The van der Waals surface area contributed by atoms with Crippen LogP contribution < -0.4 is 21.0 Å². The van der Waals surface area contributed by atoms with E-state index in [1.54, 1.807) is 23.9 Å². The molecule has 3 atom stereocenters. The molecule has 0 aliphatic carbocycles. The fraction of sp³-hybridized carbons (Fsp3) is 0.167. The number of hydrogen-bond donors (Lipinski definition) is 3. The van der Waals surface area contributed by atoms with Crippen LogP contribution in [0.4, 0.5) is 22.7 Å². The van der Waals surface area contributed by atoms with E-state index in [0.29, 0.717) is 10.7 Å². The summed E-state index contributed by atoms with van der Waals surface area (Å²) in [6.07, 6.45) is -0.264. The molecule has 0 aromatic heterocycles. The van der Waals surface area contributed by atoms with Crippen molar-refractivity contribution in [3.63, 3.8) is 0 Å². The van der Waals surface area contributed by atoms with Gasteiger partial charge in [-0.15, -0.1) is 0 Å². The minimum absolute atomic E-state index is 0.0726. The second kappa shape index (κ2) is 8.00. The normalized spacial score (nSPS) is 22.4. The molecular weight excluding hydrogens is 468 g/mol. The van der Waals surface area contributed by atoms with Crippen LogP contribution in [-0.4, -0.2) is 21.9 Å². The van der Waals surface area contributed by atoms with E-state index in [1.165, 1.54) is 11.0 Å². The van der Waals surface area contributed by atoms with Crippen LogP contribution in [0.3, 0.4) is 0 Å². The molecule has 3 aromatic rings. The molecule has 0 amide bonds. The minimum atomic E-state index is -0.368. The average Bonchev–Trinajstić information content (AvgIpc) is 3.17. The molecule has 1 fully saturated rings. The Labute approximate surface area is 205 Å². The van der Waals surface area contributed by atoms with Crippen molar-refractivity contribution >= 4 is 57.6 Å². The van der Waals surface area contributed by atoms with Crippen molar-refractivity contribution in [2.75, 3.05) is 10.3 Å².